The van der Waals surface area contributed by atoms with Crippen molar-refractivity contribution in [1.82, 2.24) is 0 Å². The molecular weight excluding hydrogens is 449 g/mol. The average Bonchev–Trinajstić information content (AvgIpc) is 1.64. The molecule has 21 heteroatoms. The Morgan fingerprint density at radius 2 is 0.905 bits per heavy atom. The van der Waals surface area contributed by atoms with E-state index in [1.54, 1.807) is 0 Å². The van der Waals surface area contributed by atoms with E-state index in [-0.39, 0.29) is 132 Å². The van der Waals surface area contributed by atoms with E-state index in [4.69, 9.17) is 24.5 Å². The van der Waals surface area contributed by atoms with E-state index < -0.39 is 31.3 Å². The van der Waals surface area contributed by atoms with Crippen molar-refractivity contribution in [1.29, 1.82) is 0 Å². The third kappa shape index (κ3) is 45.7. The fourth-order valence-corrected chi connectivity index (χ4v) is 2.38. The van der Waals surface area contributed by atoms with E-state index >= 15 is 0 Å². The van der Waals surface area contributed by atoms with Gasteiger partial charge >= 0.3 is 148 Å². The van der Waals surface area contributed by atoms with Gasteiger partial charge < -0.3 is 43.7 Å². The van der Waals surface area contributed by atoms with Crippen molar-refractivity contribution in [2.24, 2.45) is 0 Å². The van der Waals surface area contributed by atoms with Crippen LogP contribution in [0.15, 0.2) is 0 Å². The molecule has 1 atom stereocenters. The second kappa shape index (κ2) is 14.8. The quantitative estimate of drug-likeness (QED) is 0.195. The van der Waals surface area contributed by atoms with Gasteiger partial charge in [0.1, 0.15) is 0 Å². The fourth-order valence-electron chi connectivity index (χ4n) is 0.265. The predicted octanol–water partition coefficient (Wildman–Crippen LogP) is -12.5. The van der Waals surface area contributed by atoms with Crippen LogP contribution in [0.3, 0.4) is 0 Å². The molecule has 112 valence electrons. The second-order valence-corrected chi connectivity index (χ2v) is 7.16. The maximum atomic E-state index is 9.63. The van der Waals surface area contributed by atoms with Gasteiger partial charge in [-0.15, -0.1) is 0 Å². The van der Waals surface area contributed by atoms with Crippen LogP contribution in [0.25, 0.3) is 0 Å². The Balaban J connectivity index is -0.0000000711. The molecular formula is H5K2NaO14P4. The molecule has 0 amide bonds. The Morgan fingerprint density at radius 1 is 0.667 bits per heavy atom. The summed E-state index contributed by atoms with van der Waals surface area (Å²) < 4.78 is 43.6. The van der Waals surface area contributed by atoms with Gasteiger partial charge in [-0.3, -0.25) is 8.88 Å². The topological polar surface area (TPSA) is 257 Å². The van der Waals surface area contributed by atoms with Crippen LogP contribution in [0.2, 0.25) is 0 Å². The van der Waals surface area contributed by atoms with Crippen LogP contribution < -0.4 is 147 Å². The van der Waals surface area contributed by atoms with E-state index in [1.807, 2.05) is 0 Å². The fraction of sp³-hybridized carbons (Fsp3) is 0. The summed E-state index contributed by atoms with van der Waals surface area (Å²) in [7, 11) is -21.1. The largest absolute Gasteiger partial charge is 1.00 e. The minimum Gasteiger partial charge on any atom is -0.790 e. The molecule has 0 aromatic heterocycles. The van der Waals surface area contributed by atoms with Gasteiger partial charge in [-0.2, -0.15) is 4.31 Å². The molecule has 0 rings (SSSR count). The van der Waals surface area contributed by atoms with Gasteiger partial charge in [0, 0.05) is 0 Å². The van der Waals surface area contributed by atoms with Crippen LogP contribution in [-0.2, 0) is 26.9 Å². The third-order valence-corrected chi connectivity index (χ3v) is 3.74. The van der Waals surface area contributed by atoms with E-state index in [0.717, 1.165) is 0 Å². The molecule has 0 aromatic carbocycles. The summed E-state index contributed by atoms with van der Waals surface area (Å²) in [6, 6.07) is 0. The number of phosphoric acid groups is 4. The summed E-state index contributed by atoms with van der Waals surface area (Å²) in [5.74, 6) is 0. The van der Waals surface area contributed by atoms with Gasteiger partial charge in [-0.05, 0) is 0 Å². The third-order valence-electron chi connectivity index (χ3n) is 0.416. The first-order valence-corrected chi connectivity index (χ1v) is 9.02. The van der Waals surface area contributed by atoms with Crippen molar-refractivity contribution in [3.05, 3.63) is 0 Å². The maximum Gasteiger partial charge on any atom is 1.00 e. The molecule has 0 radical (unpaired) electrons. The Morgan fingerprint density at radius 3 is 0.905 bits per heavy atom. The molecule has 0 saturated heterocycles. The Labute approximate surface area is 224 Å². The summed E-state index contributed by atoms with van der Waals surface area (Å²) >= 11 is 0. The monoisotopic (exact) mass is 454 g/mol. The minimum atomic E-state index is -5.61. The van der Waals surface area contributed by atoms with Crippen molar-refractivity contribution < 1.29 is 198 Å². The van der Waals surface area contributed by atoms with Gasteiger partial charge in [-0.1, -0.05) is 0 Å². The minimum absolute atomic E-state index is 0. The van der Waals surface area contributed by atoms with Gasteiger partial charge in [0.2, 0.25) is 0 Å². The van der Waals surface area contributed by atoms with Crippen LogP contribution in [0.1, 0.15) is 0 Å². The molecule has 0 fully saturated rings. The predicted molar refractivity (Wildman–Crippen MR) is 43.7 cm³/mol. The first-order chi connectivity index (χ1) is 7.41. The van der Waals surface area contributed by atoms with Gasteiger partial charge in [0.25, 0.3) is 7.82 Å². The smallest absolute Gasteiger partial charge is 0.790 e. The molecule has 0 aliphatic heterocycles. The van der Waals surface area contributed by atoms with Crippen LogP contribution in [0, 0.1) is 0 Å². The Bertz CT molecular complexity index is 352. The van der Waals surface area contributed by atoms with E-state index in [0.29, 0.717) is 0 Å². The molecule has 0 aliphatic carbocycles. The molecule has 0 saturated carbocycles. The van der Waals surface area contributed by atoms with Gasteiger partial charge in [-0.25, -0.2) is 9.13 Å². The van der Waals surface area contributed by atoms with Crippen molar-refractivity contribution in [2.75, 3.05) is 0 Å². The van der Waals surface area contributed by atoms with Crippen LogP contribution in [0.5, 0.6) is 0 Å². The van der Waals surface area contributed by atoms with E-state index in [2.05, 4.69) is 8.62 Å². The molecule has 21 heavy (non-hydrogen) atoms. The van der Waals surface area contributed by atoms with Crippen LogP contribution in [0.4, 0.5) is 0 Å². The summed E-state index contributed by atoms with van der Waals surface area (Å²) in [4.78, 5) is 66.7. The molecule has 5 N–H and O–H groups in total. The van der Waals surface area contributed by atoms with Crippen LogP contribution in [-0.4, -0.2) is 24.5 Å². The molecule has 0 aliphatic rings. The zero-order valence-electron chi connectivity index (χ0n) is 10.7. The van der Waals surface area contributed by atoms with Crippen molar-refractivity contribution >= 4 is 31.3 Å². The van der Waals surface area contributed by atoms with Crippen molar-refractivity contribution in [3.8, 4) is 0 Å². The summed E-state index contributed by atoms with van der Waals surface area (Å²) in [6.45, 7) is 0. The SMILES string of the molecule is O=P(O)(O)OP(=O)(O)O.O=P([O-])([O-])OP(=O)([O-])O.[K+].[K+].[Na+]. The summed E-state index contributed by atoms with van der Waals surface area (Å²) in [6.07, 6.45) is 0. The van der Waals surface area contributed by atoms with Gasteiger partial charge in [0.15, 0.2) is 0 Å². The molecule has 0 heterocycles. The van der Waals surface area contributed by atoms with Crippen molar-refractivity contribution in [3.63, 3.8) is 0 Å². The number of rotatable bonds is 4. The second-order valence-electron chi connectivity index (χ2n) is 2.06. The standard InChI is InChI=1S/2K.Na.2H4O7P2/c;;;2*1-8(2,3)7-9(4,5)6/h;;;2*(H2,1,2,3)(H2,4,5,6)/q3*+1;;/p-3. The first-order valence-electron chi connectivity index (χ1n) is 3.01. The Kier molecular flexibility index (Phi) is 25.8. The number of hydrogen-bond acceptors (Lipinski definition) is 9. The molecule has 0 bridgehead atoms. The van der Waals surface area contributed by atoms with Crippen LogP contribution >= 0.6 is 31.3 Å². The first kappa shape index (κ1) is 36.7. The molecule has 1 unspecified atom stereocenters. The van der Waals surface area contributed by atoms with E-state index in [1.165, 1.54) is 0 Å². The summed E-state index contributed by atoms with van der Waals surface area (Å²) in [5.41, 5.74) is 0. The number of hydrogen-bond donors (Lipinski definition) is 5. The maximum absolute atomic E-state index is 9.63. The Hall–Kier alpha value is 4.79. The normalized spacial score (nSPS) is 14.1. The van der Waals surface area contributed by atoms with Gasteiger partial charge in [0.05, 0.1) is 7.82 Å². The summed E-state index contributed by atoms with van der Waals surface area (Å²) in [5, 5.41) is 0. The zero-order chi connectivity index (χ0) is 15.4. The molecule has 0 aromatic rings. The molecule has 14 nitrogen and oxygen atoms in total. The zero-order valence-corrected chi connectivity index (χ0v) is 22.5. The van der Waals surface area contributed by atoms with Crippen molar-refractivity contribution in [2.45, 2.75) is 0 Å². The average molecular weight is 454 g/mol. The molecule has 0 spiro atoms. The van der Waals surface area contributed by atoms with E-state index in [9.17, 15) is 32.9 Å².